The Hall–Kier alpha value is -2.79. The molecule has 0 atom stereocenters. The van der Waals surface area contributed by atoms with Gasteiger partial charge in [-0.05, 0) is 44.4 Å². The number of aryl methyl sites for hydroxylation is 2. The lowest BCUT2D eigenvalue weighted by molar-refractivity contribution is -0.0516. The number of pyridine rings is 1. The second-order valence-corrected chi connectivity index (χ2v) is 9.53. The molecular weight excluding hydrogens is 442 g/mol. The standard InChI is InChI=1S/C16H18F2N2O4S.C5H8N2/c1-19-12-2-5-20-13-9-14(24-16(17)18)15(8-11(12)13)25(21,22)10-3-6-23-7-4-10;1-4-3-6-7-5(4)2/h2,5,8-10,16H,3-4,6-7H2,1H3,(H,19,20);3H,1-2H3,(H,6,7). The molecule has 0 saturated carbocycles. The van der Waals surface area contributed by atoms with E-state index in [1.807, 2.05) is 20.0 Å². The first-order chi connectivity index (χ1) is 15.2. The van der Waals surface area contributed by atoms with Crippen molar-refractivity contribution in [1.82, 2.24) is 15.2 Å². The van der Waals surface area contributed by atoms with Gasteiger partial charge in [0.25, 0.3) is 0 Å². The largest absolute Gasteiger partial charge is 0.433 e. The molecule has 0 radical (unpaired) electrons. The average Bonchev–Trinajstić information content (AvgIpc) is 3.15. The van der Waals surface area contributed by atoms with Gasteiger partial charge in [-0.25, -0.2) is 8.42 Å². The van der Waals surface area contributed by atoms with Gasteiger partial charge in [-0.2, -0.15) is 13.9 Å². The minimum absolute atomic E-state index is 0.239. The molecule has 174 valence electrons. The second kappa shape index (κ2) is 10.2. The first-order valence-electron chi connectivity index (χ1n) is 10.1. The summed E-state index contributed by atoms with van der Waals surface area (Å²) in [5.41, 5.74) is 3.39. The van der Waals surface area contributed by atoms with Crippen LogP contribution in [0.5, 0.6) is 5.75 Å². The molecule has 2 aromatic heterocycles. The van der Waals surface area contributed by atoms with Crippen LogP contribution in [0.1, 0.15) is 24.1 Å². The number of hydrogen-bond acceptors (Lipinski definition) is 7. The summed E-state index contributed by atoms with van der Waals surface area (Å²) >= 11 is 0. The lowest BCUT2D eigenvalue weighted by atomic mass is 10.2. The number of aromatic amines is 1. The van der Waals surface area contributed by atoms with Crippen LogP contribution >= 0.6 is 0 Å². The van der Waals surface area contributed by atoms with Gasteiger partial charge in [-0.15, -0.1) is 0 Å². The van der Waals surface area contributed by atoms with Crippen LogP contribution in [0.25, 0.3) is 10.9 Å². The molecule has 1 aliphatic rings. The molecular formula is C21H26F2N4O4S. The Morgan fingerprint density at radius 3 is 2.50 bits per heavy atom. The first kappa shape index (κ1) is 23.9. The molecule has 3 heterocycles. The Morgan fingerprint density at radius 2 is 1.97 bits per heavy atom. The van der Waals surface area contributed by atoms with Gasteiger partial charge in [0, 0.05) is 49.3 Å². The molecule has 0 unspecified atom stereocenters. The summed E-state index contributed by atoms with van der Waals surface area (Å²) in [6.07, 6.45) is 3.96. The van der Waals surface area contributed by atoms with E-state index < -0.39 is 21.7 Å². The van der Waals surface area contributed by atoms with Gasteiger partial charge in [-0.3, -0.25) is 10.1 Å². The van der Waals surface area contributed by atoms with Gasteiger partial charge in [0.1, 0.15) is 10.6 Å². The van der Waals surface area contributed by atoms with Crippen LogP contribution in [-0.4, -0.2) is 55.7 Å². The van der Waals surface area contributed by atoms with E-state index in [2.05, 4.69) is 25.2 Å². The molecule has 8 nitrogen and oxygen atoms in total. The first-order valence-corrected chi connectivity index (χ1v) is 11.6. The van der Waals surface area contributed by atoms with Crippen molar-refractivity contribution < 1.29 is 26.7 Å². The molecule has 11 heteroatoms. The molecule has 1 saturated heterocycles. The Labute approximate surface area is 185 Å². The van der Waals surface area contributed by atoms with Crippen molar-refractivity contribution in [3.63, 3.8) is 0 Å². The monoisotopic (exact) mass is 468 g/mol. The van der Waals surface area contributed by atoms with E-state index in [9.17, 15) is 17.2 Å². The molecule has 3 aromatic rings. The third-order valence-corrected chi connectivity index (χ3v) is 7.57. The summed E-state index contributed by atoms with van der Waals surface area (Å²) in [7, 11) is -2.16. The fourth-order valence-electron chi connectivity index (χ4n) is 3.36. The summed E-state index contributed by atoms with van der Waals surface area (Å²) in [5.74, 6) is -0.380. The number of hydrogen-bond donors (Lipinski definition) is 2. The van der Waals surface area contributed by atoms with E-state index in [0.717, 1.165) is 5.69 Å². The van der Waals surface area contributed by atoms with E-state index >= 15 is 0 Å². The van der Waals surface area contributed by atoms with Gasteiger partial charge in [0.05, 0.1) is 17.0 Å². The Balaban J connectivity index is 0.000000352. The van der Waals surface area contributed by atoms with Gasteiger partial charge < -0.3 is 14.8 Å². The number of fused-ring (bicyclic) bond motifs is 1. The Kier molecular flexibility index (Phi) is 7.62. The third kappa shape index (κ3) is 5.33. The van der Waals surface area contributed by atoms with Gasteiger partial charge in [-0.1, -0.05) is 0 Å². The number of alkyl halides is 2. The zero-order chi connectivity index (χ0) is 23.3. The maximum atomic E-state index is 13.0. The van der Waals surface area contributed by atoms with Crippen LogP contribution in [-0.2, 0) is 14.6 Å². The van der Waals surface area contributed by atoms with Crippen molar-refractivity contribution in [1.29, 1.82) is 0 Å². The zero-order valence-corrected chi connectivity index (χ0v) is 18.9. The molecule has 1 aliphatic heterocycles. The van der Waals surface area contributed by atoms with E-state index in [1.165, 1.54) is 23.9 Å². The second-order valence-electron chi connectivity index (χ2n) is 7.34. The molecule has 1 aromatic carbocycles. The van der Waals surface area contributed by atoms with Crippen molar-refractivity contribution in [2.24, 2.45) is 0 Å². The highest BCUT2D eigenvalue weighted by Crippen LogP contribution is 2.36. The molecule has 1 fully saturated rings. The summed E-state index contributed by atoms with van der Waals surface area (Å²) in [5, 5.41) is 9.40. The minimum atomic E-state index is -3.85. The highest BCUT2D eigenvalue weighted by atomic mass is 32.2. The zero-order valence-electron chi connectivity index (χ0n) is 18.1. The Bertz CT molecular complexity index is 1150. The summed E-state index contributed by atoms with van der Waals surface area (Å²) < 4.78 is 61.3. The number of sulfone groups is 1. The smallest absolute Gasteiger partial charge is 0.387 e. The van der Waals surface area contributed by atoms with Crippen molar-refractivity contribution in [3.05, 3.63) is 41.9 Å². The average molecular weight is 469 g/mol. The molecule has 0 spiro atoms. The molecule has 32 heavy (non-hydrogen) atoms. The number of nitrogens with zero attached hydrogens (tertiary/aromatic N) is 2. The van der Waals surface area contributed by atoms with Crippen LogP contribution in [0.4, 0.5) is 14.5 Å². The van der Waals surface area contributed by atoms with E-state index in [1.54, 1.807) is 13.1 Å². The number of ether oxygens (including phenoxy) is 2. The normalized spacial score (nSPS) is 14.8. The van der Waals surface area contributed by atoms with Gasteiger partial charge in [0.15, 0.2) is 9.84 Å². The third-order valence-electron chi connectivity index (χ3n) is 5.29. The fraction of sp³-hybridized carbons (Fsp3) is 0.429. The number of benzene rings is 1. The number of anilines is 1. The molecule has 4 rings (SSSR count). The highest BCUT2D eigenvalue weighted by molar-refractivity contribution is 7.92. The lowest BCUT2D eigenvalue weighted by Crippen LogP contribution is -2.29. The van der Waals surface area contributed by atoms with E-state index in [-0.39, 0.29) is 10.6 Å². The lowest BCUT2D eigenvalue weighted by Gasteiger charge is -2.23. The van der Waals surface area contributed by atoms with Crippen LogP contribution in [0.2, 0.25) is 0 Å². The van der Waals surface area contributed by atoms with Gasteiger partial charge >= 0.3 is 6.61 Å². The predicted molar refractivity (Wildman–Crippen MR) is 117 cm³/mol. The summed E-state index contributed by atoms with van der Waals surface area (Å²) in [6, 6.07) is 4.28. The highest BCUT2D eigenvalue weighted by Gasteiger charge is 2.33. The van der Waals surface area contributed by atoms with E-state index in [0.29, 0.717) is 42.6 Å². The maximum Gasteiger partial charge on any atom is 0.387 e. The van der Waals surface area contributed by atoms with Crippen molar-refractivity contribution in [2.45, 2.75) is 43.4 Å². The number of H-pyrrole nitrogens is 1. The van der Waals surface area contributed by atoms with Gasteiger partial charge in [0.2, 0.25) is 0 Å². The van der Waals surface area contributed by atoms with E-state index in [4.69, 9.17) is 4.74 Å². The van der Waals surface area contributed by atoms with Crippen LogP contribution in [0.15, 0.2) is 35.5 Å². The quantitative estimate of drug-likeness (QED) is 0.586. The predicted octanol–water partition coefficient (Wildman–Crippen LogP) is 3.86. The fourth-order valence-corrected chi connectivity index (χ4v) is 5.20. The van der Waals surface area contributed by atoms with Crippen molar-refractivity contribution >= 4 is 26.4 Å². The van der Waals surface area contributed by atoms with Crippen molar-refractivity contribution in [2.75, 3.05) is 25.6 Å². The Morgan fingerprint density at radius 1 is 1.25 bits per heavy atom. The molecule has 0 amide bonds. The van der Waals surface area contributed by atoms with Crippen LogP contribution in [0, 0.1) is 13.8 Å². The van der Waals surface area contributed by atoms with Crippen molar-refractivity contribution in [3.8, 4) is 5.75 Å². The number of halogens is 2. The molecule has 0 aliphatic carbocycles. The molecule has 0 bridgehead atoms. The topological polar surface area (TPSA) is 106 Å². The van der Waals surface area contributed by atoms with Crippen LogP contribution in [0.3, 0.4) is 0 Å². The minimum Gasteiger partial charge on any atom is -0.433 e. The summed E-state index contributed by atoms with van der Waals surface area (Å²) in [4.78, 5) is 3.87. The van der Waals surface area contributed by atoms with Crippen LogP contribution < -0.4 is 10.1 Å². The number of aromatic nitrogens is 3. The number of rotatable bonds is 5. The maximum absolute atomic E-state index is 13.0. The molecule has 2 N–H and O–H groups in total. The SMILES string of the molecule is CNc1ccnc2cc(OC(F)F)c(S(=O)(=O)C3CCOCC3)cc12.Cc1cn[nH]c1C. The number of nitrogens with one attached hydrogen (secondary N) is 2. The summed E-state index contributed by atoms with van der Waals surface area (Å²) in [6.45, 7) is 1.55.